The van der Waals surface area contributed by atoms with Crippen molar-refractivity contribution in [3.05, 3.63) is 24.0 Å². The molecule has 0 aliphatic rings. The van der Waals surface area contributed by atoms with Gasteiger partial charge < -0.3 is 9.84 Å². The third-order valence-corrected chi connectivity index (χ3v) is 1.26. The number of alkyl halides is 1. The van der Waals surface area contributed by atoms with Gasteiger partial charge in [0.25, 0.3) is 0 Å². The lowest BCUT2D eigenvalue weighted by Gasteiger charge is -2.05. The highest BCUT2D eigenvalue weighted by molar-refractivity contribution is 5.19. The van der Waals surface area contributed by atoms with E-state index in [0.29, 0.717) is 11.4 Å². The number of aliphatic hydroxyl groups excluding tert-OH is 1. The zero-order valence-corrected chi connectivity index (χ0v) is 6.70. The van der Waals surface area contributed by atoms with Crippen LogP contribution in [0.3, 0.4) is 0 Å². The van der Waals surface area contributed by atoms with Crippen LogP contribution >= 0.6 is 0 Å². The van der Waals surface area contributed by atoms with Gasteiger partial charge in [0.05, 0.1) is 18.5 Å². The molecule has 0 aliphatic carbocycles. The number of hydrogen-bond acceptors (Lipinski definition) is 3. The van der Waals surface area contributed by atoms with Gasteiger partial charge in [-0.25, -0.2) is 4.39 Å². The van der Waals surface area contributed by atoms with Crippen molar-refractivity contribution in [1.82, 2.24) is 4.98 Å². The van der Waals surface area contributed by atoms with Crippen LogP contribution in [-0.4, -0.2) is 16.4 Å². The first kappa shape index (κ1) is 8.93. The molecule has 1 atom stereocenters. The molecular formula is C8H10FNO2. The maximum absolute atomic E-state index is 12.3. The molecule has 1 aromatic heterocycles. The SMILES string of the molecule is CC(F)Oc1ccc(CO)nc1. The molecule has 0 fully saturated rings. The smallest absolute Gasteiger partial charge is 0.235 e. The number of pyridine rings is 1. The molecule has 1 unspecified atom stereocenters. The maximum atomic E-state index is 12.3. The third kappa shape index (κ3) is 2.47. The molecule has 1 N–H and O–H groups in total. The fourth-order valence-corrected chi connectivity index (χ4v) is 0.762. The number of halogens is 1. The molecule has 0 saturated carbocycles. The summed E-state index contributed by atoms with van der Waals surface area (Å²) in [5.41, 5.74) is 0.536. The molecule has 66 valence electrons. The minimum absolute atomic E-state index is 0.120. The van der Waals surface area contributed by atoms with Gasteiger partial charge in [-0.1, -0.05) is 0 Å². The Morgan fingerprint density at radius 2 is 2.42 bits per heavy atom. The third-order valence-electron chi connectivity index (χ3n) is 1.26. The fourth-order valence-electron chi connectivity index (χ4n) is 0.762. The topological polar surface area (TPSA) is 42.4 Å². The van der Waals surface area contributed by atoms with Crippen molar-refractivity contribution in [1.29, 1.82) is 0 Å². The number of aromatic nitrogens is 1. The molecule has 0 saturated heterocycles. The van der Waals surface area contributed by atoms with E-state index in [-0.39, 0.29) is 6.61 Å². The second-order valence-corrected chi connectivity index (χ2v) is 2.30. The minimum Gasteiger partial charge on any atom is -0.459 e. The molecule has 0 bridgehead atoms. The lowest BCUT2D eigenvalue weighted by molar-refractivity contribution is 0.0855. The highest BCUT2D eigenvalue weighted by Crippen LogP contribution is 2.11. The van der Waals surface area contributed by atoms with Gasteiger partial charge in [-0.05, 0) is 12.1 Å². The van der Waals surface area contributed by atoms with Gasteiger partial charge >= 0.3 is 0 Å². The summed E-state index contributed by atoms with van der Waals surface area (Å²) in [4.78, 5) is 3.81. The summed E-state index contributed by atoms with van der Waals surface area (Å²) in [6.45, 7) is 1.17. The molecule has 0 aliphatic heterocycles. The van der Waals surface area contributed by atoms with Gasteiger partial charge in [-0.2, -0.15) is 0 Å². The van der Waals surface area contributed by atoms with E-state index in [4.69, 9.17) is 9.84 Å². The van der Waals surface area contributed by atoms with E-state index in [9.17, 15) is 4.39 Å². The molecule has 1 aromatic rings. The van der Waals surface area contributed by atoms with Crippen LogP contribution < -0.4 is 4.74 Å². The van der Waals surface area contributed by atoms with Crippen molar-refractivity contribution < 1.29 is 14.2 Å². The van der Waals surface area contributed by atoms with Crippen molar-refractivity contribution in [2.45, 2.75) is 19.9 Å². The molecule has 12 heavy (non-hydrogen) atoms. The van der Waals surface area contributed by atoms with E-state index in [1.54, 1.807) is 12.1 Å². The predicted octanol–water partition coefficient (Wildman–Crippen LogP) is 1.27. The predicted molar refractivity (Wildman–Crippen MR) is 41.4 cm³/mol. The summed E-state index contributed by atoms with van der Waals surface area (Å²) in [5.74, 6) is 0.363. The number of aliphatic hydroxyl groups is 1. The monoisotopic (exact) mass is 171 g/mol. The Kier molecular flexibility index (Phi) is 2.99. The average Bonchev–Trinajstić information content (AvgIpc) is 2.05. The van der Waals surface area contributed by atoms with Gasteiger partial charge in [0.2, 0.25) is 6.36 Å². The lowest BCUT2D eigenvalue weighted by atomic mass is 10.3. The van der Waals surface area contributed by atoms with Crippen LogP contribution in [0.25, 0.3) is 0 Å². The number of ether oxygens (including phenoxy) is 1. The first-order chi connectivity index (χ1) is 5.72. The van der Waals surface area contributed by atoms with Gasteiger partial charge in [0, 0.05) is 6.92 Å². The minimum atomic E-state index is -1.34. The van der Waals surface area contributed by atoms with E-state index in [2.05, 4.69) is 4.98 Å². The van der Waals surface area contributed by atoms with Crippen LogP contribution in [0, 0.1) is 0 Å². The van der Waals surface area contributed by atoms with Gasteiger partial charge in [-0.3, -0.25) is 4.98 Å². The largest absolute Gasteiger partial charge is 0.459 e. The first-order valence-corrected chi connectivity index (χ1v) is 3.59. The molecular weight excluding hydrogens is 161 g/mol. The van der Waals surface area contributed by atoms with Crippen LogP contribution in [0.1, 0.15) is 12.6 Å². The summed E-state index contributed by atoms with van der Waals surface area (Å²) < 4.78 is 17.0. The zero-order valence-electron chi connectivity index (χ0n) is 6.70. The van der Waals surface area contributed by atoms with Gasteiger partial charge in [0.1, 0.15) is 5.75 Å². The highest BCUT2D eigenvalue weighted by atomic mass is 19.1. The summed E-state index contributed by atoms with van der Waals surface area (Å²) in [6.07, 6.45) is 0.0357. The lowest BCUT2D eigenvalue weighted by Crippen LogP contribution is -2.04. The second kappa shape index (κ2) is 4.01. The summed E-state index contributed by atoms with van der Waals surface area (Å²) in [7, 11) is 0. The van der Waals surface area contributed by atoms with E-state index in [0.717, 1.165) is 0 Å². The number of nitrogens with zero attached hydrogens (tertiary/aromatic N) is 1. The van der Waals surface area contributed by atoms with Crippen molar-refractivity contribution in [2.24, 2.45) is 0 Å². The summed E-state index contributed by atoms with van der Waals surface area (Å²) in [6, 6.07) is 3.15. The van der Waals surface area contributed by atoms with Crippen molar-refractivity contribution in [3.63, 3.8) is 0 Å². The summed E-state index contributed by atoms with van der Waals surface area (Å²) in [5, 5.41) is 8.63. The molecule has 1 heterocycles. The van der Waals surface area contributed by atoms with Crippen LogP contribution in [0.4, 0.5) is 4.39 Å². The summed E-state index contributed by atoms with van der Waals surface area (Å²) >= 11 is 0. The highest BCUT2D eigenvalue weighted by Gasteiger charge is 1.99. The Labute approximate surface area is 69.8 Å². The van der Waals surface area contributed by atoms with Gasteiger partial charge in [-0.15, -0.1) is 0 Å². The van der Waals surface area contributed by atoms with Crippen LogP contribution in [0.2, 0.25) is 0 Å². The Bertz CT molecular complexity index is 235. The van der Waals surface area contributed by atoms with E-state index >= 15 is 0 Å². The fraction of sp³-hybridized carbons (Fsp3) is 0.375. The molecule has 0 spiro atoms. The number of rotatable bonds is 3. The quantitative estimate of drug-likeness (QED) is 0.744. The van der Waals surface area contributed by atoms with Crippen molar-refractivity contribution in [3.8, 4) is 5.75 Å². The van der Waals surface area contributed by atoms with Crippen molar-refractivity contribution >= 4 is 0 Å². The zero-order chi connectivity index (χ0) is 8.97. The number of hydrogen-bond donors (Lipinski definition) is 1. The Morgan fingerprint density at radius 3 is 2.83 bits per heavy atom. The average molecular weight is 171 g/mol. The van der Waals surface area contributed by atoms with Crippen LogP contribution in [-0.2, 0) is 6.61 Å². The molecule has 0 aromatic carbocycles. The first-order valence-electron chi connectivity index (χ1n) is 3.59. The molecule has 4 heteroatoms. The Balaban J connectivity index is 2.65. The normalized spacial score (nSPS) is 12.6. The molecule has 0 amide bonds. The van der Waals surface area contributed by atoms with E-state index < -0.39 is 6.36 Å². The molecule has 3 nitrogen and oxygen atoms in total. The van der Waals surface area contributed by atoms with Crippen LogP contribution in [0.5, 0.6) is 5.75 Å². The second-order valence-electron chi connectivity index (χ2n) is 2.30. The molecule has 1 rings (SSSR count). The van der Waals surface area contributed by atoms with Crippen LogP contribution in [0.15, 0.2) is 18.3 Å². The van der Waals surface area contributed by atoms with E-state index in [1.807, 2.05) is 0 Å². The maximum Gasteiger partial charge on any atom is 0.235 e. The van der Waals surface area contributed by atoms with Crippen molar-refractivity contribution in [2.75, 3.05) is 0 Å². The van der Waals surface area contributed by atoms with E-state index in [1.165, 1.54) is 13.1 Å². The van der Waals surface area contributed by atoms with Gasteiger partial charge in [0.15, 0.2) is 0 Å². The molecule has 0 radical (unpaired) electrons. The standard InChI is InChI=1S/C8H10FNO2/c1-6(9)12-8-3-2-7(5-11)10-4-8/h2-4,6,11H,5H2,1H3. The Hall–Kier alpha value is -1.16. The Morgan fingerprint density at radius 1 is 1.67 bits per heavy atom.